The van der Waals surface area contributed by atoms with Gasteiger partial charge in [0.05, 0.1) is 0 Å². The molecule has 4 aromatic heterocycles. The molecule has 10 rings (SSSR count). The fourth-order valence-electron chi connectivity index (χ4n) is 11.2. The molecule has 26 nitrogen and oxygen atoms in total. The van der Waals surface area contributed by atoms with Gasteiger partial charge in [0.15, 0.2) is 0 Å². The molecule has 2 amide bonds. The van der Waals surface area contributed by atoms with Crippen LogP contribution in [0.2, 0.25) is 0 Å². The number of carbonyl (C=O) groups excluding carboxylic acids is 3. The number of anilines is 6. The van der Waals surface area contributed by atoms with E-state index < -0.39 is 60.6 Å². The highest BCUT2D eigenvalue weighted by molar-refractivity contribution is 5.83. The molecule has 2 aromatic carbocycles. The number of piperidine rings is 2. The Morgan fingerprint density at radius 3 is 1.36 bits per heavy atom. The zero-order chi connectivity index (χ0) is 72.8. The van der Waals surface area contributed by atoms with E-state index in [1.807, 2.05) is 67.6 Å². The molecule has 6 aromatic rings. The number of carboxylic acids is 2. The first-order valence-corrected chi connectivity index (χ1v) is 32.6. The summed E-state index contributed by atoms with van der Waals surface area (Å²) in [7, 11) is 0. The van der Waals surface area contributed by atoms with Crippen molar-refractivity contribution in [3.63, 3.8) is 0 Å². The Labute approximate surface area is 574 Å². The lowest BCUT2D eigenvalue weighted by Crippen LogP contribution is -2.48. The third kappa shape index (κ3) is 25.5. The number of hydrogen-bond acceptors (Lipinski definition) is 21. The zero-order valence-corrected chi connectivity index (χ0v) is 56.2. The van der Waals surface area contributed by atoms with Gasteiger partial charge in [-0.25, -0.2) is 53.9 Å². The van der Waals surface area contributed by atoms with Gasteiger partial charge in [0.25, 0.3) is 6.47 Å². The van der Waals surface area contributed by atoms with E-state index in [1.165, 1.54) is 17.5 Å². The van der Waals surface area contributed by atoms with Crippen molar-refractivity contribution in [2.45, 2.75) is 154 Å². The number of nitrogens with zero attached hydrogens (tertiary/aromatic N) is 8. The molecule has 9 N–H and O–H groups in total. The van der Waals surface area contributed by atoms with Crippen molar-refractivity contribution in [2.24, 2.45) is 0 Å². The predicted octanol–water partition coefficient (Wildman–Crippen LogP) is 10.7. The topological polar surface area (TPSA) is 347 Å². The number of carboxylic acid groups (broad SMARTS) is 3. The van der Waals surface area contributed by atoms with Crippen LogP contribution in [-0.2, 0) is 72.3 Å². The first-order valence-electron chi connectivity index (χ1n) is 32.6. The summed E-state index contributed by atoms with van der Waals surface area (Å²) in [4.78, 5) is 99.8. The number of halogens is 6. The third-order valence-electron chi connectivity index (χ3n) is 16.0. The van der Waals surface area contributed by atoms with E-state index in [1.54, 1.807) is 27.1 Å². The van der Waals surface area contributed by atoms with Gasteiger partial charge in [-0.05, 0) is 119 Å². The minimum Gasteiger partial charge on any atom is -0.483 e. The van der Waals surface area contributed by atoms with Crippen LogP contribution in [0.1, 0.15) is 130 Å². The Bertz CT molecular complexity index is 3580. The van der Waals surface area contributed by atoms with Gasteiger partial charge in [-0.15, -0.1) is 0 Å². The van der Waals surface area contributed by atoms with Gasteiger partial charge >= 0.3 is 42.9 Å². The number of pyridine rings is 2. The maximum atomic E-state index is 13.1. The summed E-state index contributed by atoms with van der Waals surface area (Å²) in [6, 6.07) is 25.2. The van der Waals surface area contributed by atoms with Gasteiger partial charge in [0, 0.05) is 86.7 Å². The Hall–Kier alpha value is -10.3. The molecule has 32 heteroatoms. The second-order valence-corrected chi connectivity index (χ2v) is 24.1. The number of aromatic nitrogens is 6. The summed E-state index contributed by atoms with van der Waals surface area (Å²) in [5.41, 5.74) is 7.73. The minimum atomic E-state index is -5.08. The Morgan fingerprint density at radius 1 is 0.620 bits per heavy atom. The molecule has 100 heavy (non-hydrogen) atoms. The fraction of sp³-hybridized carbons (Fsp3) is 0.471. The SMILES string of the molecule is CCc1c(NC[C@H](NC(=O)OCc2ccccc2)C(=O)O)ncnc1N1CCC(c2ccc3c(n2)NCCC3)CC1.CCc1c(NC[C@H](NC(=O)OCc2ccccc2)C(=O)OC(C)(C)C)ncnc1N1CCC(c2ccc3c(n2)NCCC3)CC1.FC(F)F.O=C(O)C(F)(F)F.O=CO. The summed E-state index contributed by atoms with van der Waals surface area (Å²) in [6.45, 7) is 11.1. The van der Waals surface area contributed by atoms with Crippen LogP contribution in [0.25, 0.3) is 0 Å². The molecule has 0 spiro atoms. The van der Waals surface area contributed by atoms with Gasteiger partial charge in [-0.2, -0.15) is 26.3 Å². The minimum absolute atomic E-state index is 0.0534. The number of carbonyl (C=O) groups is 6. The van der Waals surface area contributed by atoms with Crippen molar-refractivity contribution in [2.75, 3.05) is 83.4 Å². The van der Waals surface area contributed by atoms with Crippen molar-refractivity contribution in [3.8, 4) is 0 Å². The lowest BCUT2D eigenvalue weighted by molar-refractivity contribution is -0.192. The molecular formula is C68H86F6N14O12. The van der Waals surface area contributed by atoms with E-state index in [0.717, 1.165) is 148 Å². The van der Waals surface area contributed by atoms with Crippen LogP contribution in [0.15, 0.2) is 97.6 Å². The highest BCUT2D eigenvalue weighted by atomic mass is 19.4. The van der Waals surface area contributed by atoms with Crippen molar-refractivity contribution in [1.29, 1.82) is 0 Å². The molecule has 2 atom stereocenters. The lowest BCUT2D eigenvalue weighted by Gasteiger charge is -2.34. The van der Waals surface area contributed by atoms with Crippen LogP contribution in [-0.4, -0.2) is 165 Å². The summed E-state index contributed by atoms with van der Waals surface area (Å²) < 4.78 is 76.9. The Balaban J connectivity index is 0.000000266. The van der Waals surface area contributed by atoms with Gasteiger partial charge in [0.1, 0.15) is 78.5 Å². The summed E-state index contributed by atoms with van der Waals surface area (Å²) in [6.07, 6.45) is 6.20. The van der Waals surface area contributed by atoms with Crippen molar-refractivity contribution < 1.29 is 84.6 Å². The van der Waals surface area contributed by atoms with Crippen molar-refractivity contribution in [3.05, 3.63) is 142 Å². The molecule has 2 fully saturated rings. The highest BCUT2D eigenvalue weighted by Crippen LogP contribution is 2.36. The van der Waals surface area contributed by atoms with Gasteiger partial charge in [-0.1, -0.05) is 86.6 Å². The Kier molecular flexibility index (Phi) is 31.0. The average Bonchev–Trinajstić information content (AvgIpc) is 0.811. The van der Waals surface area contributed by atoms with E-state index in [2.05, 4.69) is 92.8 Å². The molecule has 542 valence electrons. The van der Waals surface area contributed by atoms with Crippen LogP contribution in [0.3, 0.4) is 0 Å². The van der Waals surface area contributed by atoms with Crippen LogP contribution >= 0.6 is 0 Å². The van der Waals surface area contributed by atoms with Gasteiger partial charge < -0.3 is 71.2 Å². The number of hydrogen-bond donors (Lipinski definition) is 9. The van der Waals surface area contributed by atoms with Gasteiger partial charge in [-0.3, -0.25) is 4.79 Å². The van der Waals surface area contributed by atoms with Crippen LogP contribution in [0.5, 0.6) is 0 Å². The number of aryl methyl sites for hydroxylation is 2. The molecule has 2 saturated heterocycles. The average molecular weight is 1410 g/mol. The van der Waals surface area contributed by atoms with Crippen molar-refractivity contribution in [1.82, 2.24) is 40.5 Å². The summed E-state index contributed by atoms with van der Waals surface area (Å²) in [5, 5.41) is 42.1. The van der Waals surface area contributed by atoms with Crippen molar-refractivity contribution >= 4 is 71.5 Å². The normalized spacial score (nSPS) is 14.8. The standard InChI is InChI=1S/C34H45N7O4.C30H37N7O4.C2HF3O2.CHF3.CH2O2/c1-5-26-30(36-20-28(32(42)45-34(2,3)4)40-33(43)44-21-23-10-7-6-8-11-23)37-22-38-31(26)41-18-15-24(16-19-41)27-14-13-25-12-9-17-35-29(25)39-27;1-2-23-27(32-17-25(29(38)39)36-30(40)41-18-20-7-4-3-5-8-20)33-19-34-28(23)37-15-12-21(13-16-37)24-11-10-22-9-6-14-31-26(22)35-24;3-2(4,5)1(6)7;2-1(3)4;2-1-3/h6-8,10-11,13-14,22,24,28H,5,9,12,15-21H2,1-4H3,(H,35,39)(H,40,43)(H,36,37,38);3-5,7-8,10-11,19,21,25H,2,6,9,12-18H2,1H3,(H,31,35)(H,36,40)(H,38,39)(H,32,33,34);(H,6,7);1H;1H,(H,2,3)/t28-;25-;;;/m00.../s1. The van der Waals surface area contributed by atoms with E-state index in [4.69, 9.17) is 44.0 Å². The molecule has 0 saturated carbocycles. The van der Waals surface area contributed by atoms with Crippen LogP contribution in [0, 0.1) is 0 Å². The number of fused-ring (bicyclic) bond motifs is 2. The molecule has 0 bridgehead atoms. The number of aliphatic carboxylic acids is 2. The number of alkyl carbamates (subject to hydrolysis) is 2. The van der Waals surface area contributed by atoms with Crippen LogP contribution in [0.4, 0.5) is 70.8 Å². The third-order valence-corrected chi connectivity index (χ3v) is 16.0. The number of esters is 1. The number of rotatable bonds is 20. The molecular weight excluding hydrogens is 1320 g/mol. The number of amides is 2. The number of alkyl halides is 6. The van der Waals surface area contributed by atoms with E-state index in [9.17, 15) is 50.6 Å². The quantitative estimate of drug-likeness (QED) is 0.0148. The number of benzene rings is 2. The second kappa shape index (κ2) is 39.3. The molecule has 8 heterocycles. The van der Waals surface area contributed by atoms with E-state index in [0.29, 0.717) is 36.3 Å². The number of nitrogens with one attached hydrogen (secondary N) is 6. The molecule has 0 aliphatic carbocycles. The monoisotopic (exact) mass is 1400 g/mol. The summed E-state index contributed by atoms with van der Waals surface area (Å²) in [5.74, 6) is 1.32. The molecule has 4 aliphatic heterocycles. The highest BCUT2D eigenvalue weighted by Gasteiger charge is 2.38. The molecule has 0 unspecified atom stereocenters. The fourth-order valence-corrected chi connectivity index (χ4v) is 11.2. The largest absolute Gasteiger partial charge is 0.490 e. The maximum absolute atomic E-state index is 13.1. The molecule has 4 aliphatic rings. The maximum Gasteiger partial charge on any atom is 0.490 e. The number of ether oxygens (including phenoxy) is 3. The van der Waals surface area contributed by atoms with E-state index in [-0.39, 0.29) is 32.8 Å². The van der Waals surface area contributed by atoms with Crippen LogP contribution < -0.4 is 41.7 Å². The second-order valence-electron chi connectivity index (χ2n) is 24.1. The smallest absolute Gasteiger partial charge is 0.483 e. The van der Waals surface area contributed by atoms with E-state index >= 15 is 0 Å². The first kappa shape index (κ1) is 78.7. The van der Waals surface area contributed by atoms with Gasteiger partial charge in [0.2, 0.25) is 0 Å². The summed E-state index contributed by atoms with van der Waals surface area (Å²) >= 11 is 0. The first-order chi connectivity index (χ1) is 47.8. The molecule has 0 radical (unpaired) electrons. The Morgan fingerprint density at radius 2 is 1.00 bits per heavy atom. The predicted molar refractivity (Wildman–Crippen MR) is 360 cm³/mol. The zero-order valence-electron chi connectivity index (χ0n) is 56.2. The lowest BCUT2D eigenvalue weighted by atomic mass is 9.92.